The summed E-state index contributed by atoms with van der Waals surface area (Å²) in [5.41, 5.74) is 3.35. The Kier molecular flexibility index (Phi) is 3.96. The minimum absolute atomic E-state index is 0.116. The van der Waals surface area contributed by atoms with Gasteiger partial charge in [-0.25, -0.2) is 0 Å². The normalized spacial score (nSPS) is 18.9. The molecule has 19 heavy (non-hydrogen) atoms. The van der Waals surface area contributed by atoms with Crippen LogP contribution >= 0.6 is 0 Å². The minimum atomic E-state index is -0.433. The predicted octanol–water partition coefficient (Wildman–Crippen LogP) is -0.282. The average molecular weight is 263 g/mol. The van der Waals surface area contributed by atoms with Gasteiger partial charge >= 0.3 is 0 Å². The molecule has 1 unspecified atom stereocenters. The van der Waals surface area contributed by atoms with Crippen LogP contribution in [-0.4, -0.2) is 40.8 Å². The summed E-state index contributed by atoms with van der Waals surface area (Å²) < 4.78 is 0. The highest BCUT2D eigenvalue weighted by Gasteiger charge is 2.32. The summed E-state index contributed by atoms with van der Waals surface area (Å²) in [4.78, 5) is 29.7. The largest absolute Gasteiger partial charge is 0.353 e. The van der Waals surface area contributed by atoms with E-state index in [0.29, 0.717) is 25.2 Å². The Morgan fingerprint density at radius 2 is 2.47 bits per heavy atom. The molecular weight excluding hydrogens is 246 g/mol. The Morgan fingerprint density at radius 3 is 3.16 bits per heavy atom. The molecule has 1 saturated heterocycles. The van der Waals surface area contributed by atoms with Gasteiger partial charge < -0.3 is 15.6 Å². The number of nitrogen functional groups attached to an aromatic ring is 1. The molecule has 0 radical (unpaired) electrons. The van der Waals surface area contributed by atoms with Crippen molar-refractivity contribution in [1.82, 2.24) is 15.2 Å². The van der Waals surface area contributed by atoms with Crippen LogP contribution in [-0.2, 0) is 4.79 Å². The highest BCUT2D eigenvalue weighted by atomic mass is 16.2. The molecule has 0 aromatic carbocycles. The molecule has 0 bridgehead atoms. The van der Waals surface area contributed by atoms with Crippen molar-refractivity contribution < 1.29 is 9.59 Å². The summed E-state index contributed by atoms with van der Waals surface area (Å²) in [6, 6.07) is 2.80. The number of anilines is 1. The van der Waals surface area contributed by atoms with E-state index in [2.05, 4.69) is 15.7 Å². The van der Waals surface area contributed by atoms with Crippen LogP contribution in [0.25, 0.3) is 0 Å². The van der Waals surface area contributed by atoms with Gasteiger partial charge in [-0.15, -0.1) is 0 Å². The van der Waals surface area contributed by atoms with Crippen molar-refractivity contribution in [2.24, 2.45) is 5.84 Å². The number of pyridine rings is 1. The van der Waals surface area contributed by atoms with Crippen molar-refractivity contribution in [1.29, 1.82) is 0 Å². The molecule has 0 saturated carbocycles. The molecule has 1 aliphatic rings. The third kappa shape index (κ3) is 2.65. The van der Waals surface area contributed by atoms with E-state index in [1.807, 2.05) is 6.92 Å². The van der Waals surface area contributed by atoms with E-state index in [0.717, 1.165) is 0 Å². The lowest BCUT2D eigenvalue weighted by Gasteiger charge is -2.34. The van der Waals surface area contributed by atoms with Gasteiger partial charge in [0.25, 0.3) is 5.91 Å². The predicted molar refractivity (Wildman–Crippen MR) is 70.2 cm³/mol. The van der Waals surface area contributed by atoms with E-state index in [1.54, 1.807) is 17.0 Å². The fraction of sp³-hybridized carbons (Fsp3) is 0.417. The van der Waals surface area contributed by atoms with Crippen LogP contribution < -0.4 is 16.6 Å². The number of nitrogens with zero attached hydrogens (tertiary/aromatic N) is 2. The average Bonchev–Trinajstić information content (AvgIpc) is 2.46. The second kappa shape index (κ2) is 5.66. The molecule has 2 rings (SSSR count). The Balaban J connectivity index is 2.24. The number of rotatable bonds is 3. The fourth-order valence-corrected chi connectivity index (χ4v) is 2.15. The zero-order valence-electron chi connectivity index (χ0n) is 10.7. The zero-order valence-corrected chi connectivity index (χ0v) is 10.7. The molecule has 1 atom stereocenters. The molecule has 1 fully saturated rings. The van der Waals surface area contributed by atoms with Gasteiger partial charge in [-0.2, -0.15) is 0 Å². The first-order chi connectivity index (χ1) is 9.17. The number of carbonyl (C=O) groups excluding carboxylic acids is 2. The molecule has 4 N–H and O–H groups in total. The van der Waals surface area contributed by atoms with Gasteiger partial charge in [0.1, 0.15) is 11.7 Å². The molecule has 2 amide bonds. The Morgan fingerprint density at radius 1 is 1.68 bits per heavy atom. The summed E-state index contributed by atoms with van der Waals surface area (Å²) in [6.45, 7) is 2.84. The summed E-state index contributed by atoms with van der Waals surface area (Å²) in [6.07, 6.45) is 2.08. The molecule has 102 valence electrons. The Hall–Kier alpha value is -2.15. The molecule has 1 aliphatic heterocycles. The number of amides is 2. The lowest BCUT2D eigenvalue weighted by Crippen LogP contribution is -2.57. The number of aromatic nitrogens is 1. The highest BCUT2D eigenvalue weighted by Crippen LogP contribution is 2.14. The maximum Gasteiger partial charge on any atom is 0.273 e. The van der Waals surface area contributed by atoms with Gasteiger partial charge in [-0.3, -0.25) is 20.4 Å². The summed E-state index contributed by atoms with van der Waals surface area (Å²) >= 11 is 0. The molecule has 1 aromatic rings. The van der Waals surface area contributed by atoms with Crippen molar-refractivity contribution in [2.75, 3.05) is 18.5 Å². The maximum atomic E-state index is 12.4. The van der Waals surface area contributed by atoms with Crippen LogP contribution in [0.1, 0.15) is 23.8 Å². The molecule has 1 aromatic heterocycles. The van der Waals surface area contributed by atoms with Gasteiger partial charge in [0.2, 0.25) is 5.91 Å². The second-order valence-electron chi connectivity index (χ2n) is 4.29. The monoisotopic (exact) mass is 263 g/mol. The molecule has 0 aliphatic carbocycles. The number of nitrogens with one attached hydrogen (secondary N) is 2. The zero-order chi connectivity index (χ0) is 13.8. The van der Waals surface area contributed by atoms with Crippen LogP contribution in [0.4, 0.5) is 5.69 Å². The van der Waals surface area contributed by atoms with Crippen molar-refractivity contribution in [3.63, 3.8) is 0 Å². The number of hydrogen-bond acceptors (Lipinski definition) is 5. The van der Waals surface area contributed by atoms with Gasteiger partial charge in [0, 0.05) is 19.3 Å². The standard InChI is InChI=1S/C12H17N5O2/c1-2-10-11(18)15-5-6-17(10)12(19)9-7-8(16-13)3-4-14-9/h3-4,7,10H,2,5-6,13H2,1H3,(H,14,16)(H,15,18). The van der Waals surface area contributed by atoms with Crippen LogP contribution in [0.3, 0.4) is 0 Å². The maximum absolute atomic E-state index is 12.4. The smallest absolute Gasteiger partial charge is 0.273 e. The van der Waals surface area contributed by atoms with Crippen molar-refractivity contribution in [3.8, 4) is 0 Å². The van der Waals surface area contributed by atoms with Crippen LogP contribution in [0.2, 0.25) is 0 Å². The quantitative estimate of drug-likeness (QED) is 0.514. The summed E-state index contributed by atoms with van der Waals surface area (Å²) in [5, 5.41) is 2.76. The molecule has 7 nitrogen and oxygen atoms in total. The van der Waals surface area contributed by atoms with E-state index >= 15 is 0 Å². The van der Waals surface area contributed by atoms with E-state index in [1.165, 1.54) is 6.20 Å². The molecule has 7 heteroatoms. The first-order valence-corrected chi connectivity index (χ1v) is 6.18. The highest BCUT2D eigenvalue weighted by molar-refractivity contribution is 5.97. The topological polar surface area (TPSA) is 100 Å². The third-order valence-electron chi connectivity index (χ3n) is 3.12. The van der Waals surface area contributed by atoms with E-state index in [-0.39, 0.29) is 17.5 Å². The van der Waals surface area contributed by atoms with Gasteiger partial charge in [0.05, 0.1) is 5.69 Å². The lowest BCUT2D eigenvalue weighted by molar-refractivity contribution is -0.127. The van der Waals surface area contributed by atoms with Crippen LogP contribution in [0, 0.1) is 0 Å². The van der Waals surface area contributed by atoms with Crippen LogP contribution in [0.15, 0.2) is 18.3 Å². The minimum Gasteiger partial charge on any atom is -0.353 e. The number of nitrogens with two attached hydrogens (primary N) is 1. The van der Waals surface area contributed by atoms with Crippen molar-refractivity contribution in [3.05, 3.63) is 24.0 Å². The van der Waals surface area contributed by atoms with Gasteiger partial charge in [-0.1, -0.05) is 6.92 Å². The fourth-order valence-electron chi connectivity index (χ4n) is 2.15. The number of hydrogen-bond donors (Lipinski definition) is 3. The van der Waals surface area contributed by atoms with Crippen LogP contribution in [0.5, 0.6) is 0 Å². The first kappa shape index (κ1) is 13.3. The number of carbonyl (C=O) groups is 2. The summed E-state index contributed by atoms with van der Waals surface area (Å²) in [7, 11) is 0. The van der Waals surface area contributed by atoms with E-state index < -0.39 is 6.04 Å². The van der Waals surface area contributed by atoms with Gasteiger partial charge in [-0.05, 0) is 18.6 Å². The number of piperazine rings is 1. The van der Waals surface area contributed by atoms with Crippen molar-refractivity contribution >= 4 is 17.5 Å². The number of hydrazine groups is 1. The van der Waals surface area contributed by atoms with Crippen molar-refractivity contribution in [2.45, 2.75) is 19.4 Å². The SMILES string of the molecule is CCC1C(=O)NCCN1C(=O)c1cc(NN)ccn1. The Bertz CT molecular complexity index is 491. The third-order valence-corrected chi connectivity index (χ3v) is 3.12. The second-order valence-corrected chi connectivity index (χ2v) is 4.29. The molecule has 0 spiro atoms. The van der Waals surface area contributed by atoms with Gasteiger partial charge in [0.15, 0.2) is 0 Å². The molecule has 2 heterocycles. The molecular formula is C12H17N5O2. The van der Waals surface area contributed by atoms with E-state index in [9.17, 15) is 9.59 Å². The first-order valence-electron chi connectivity index (χ1n) is 6.18. The summed E-state index contributed by atoms with van der Waals surface area (Å²) in [5.74, 6) is 4.94. The van der Waals surface area contributed by atoms with E-state index in [4.69, 9.17) is 5.84 Å². The lowest BCUT2D eigenvalue weighted by atomic mass is 10.1. The Labute approximate surface area is 111 Å².